The minimum atomic E-state index is -0.984. The Morgan fingerprint density at radius 2 is 1.92 bits per heavy atom. The van der Waals surface area contributed by atoms with E-state index in [-0.39, 0.29) is 5.91 Å². The van der Waals surface area contributed by atoms with Crippen LogP contribution in [-0.4, -0.2) is 28.0 Å². The van der Waals surface area contributed by atoms with E-state index in [9.17, 15) is 4.79 Å². The summed E-state index contributed by atoms with van der Waals surface area (Å²) in [7, 11) is 0. The van der Waals surface area contributed by atoms with Crippen molar-refractivity contribution >= 4 is 28.5 Å². The molecule has 1 amide bonds. The molecule has 1 aromatic heterocycles. The van der Waals surface area contributed by atoms with Crippen molar-refractivity contribution in [3.05, 3.63) is 59.4 Å². The summed E-state index contributed by atoms with van der Waals surface area (Å²) in [5.41, 5.74) is 0.937. The molecule has 0 aliphatic carbocycles. The average Bonchev–Trinajstić information content (AvgIpc) is 2.99. The first kappa shape index (κ1) is 17.3. The molecule has 2 aromatic carbocycles. The number of carbonyl (C=O) groups is 1. The van der Waals surface area contributed by atoms with Crippen molar-refractivity contribution in [3.8, 4) is 5.75 Å². The van der Waals surface area contributed by atoms with Gasteiger partial charge in [-0.05, 0) is 50.2 Å². The monoisotopic (exact) mass is 357 g/mol. The molecule has 3 rings (SSSR count). The van der Waals surface area contributed by atoms with Gasteiger partial charge in [-0.15, -0.1) is 0 Å². The van der Waals surface area contributed by atoms with Crippen LogP contribution in [0.2, 0.25) is 5.02 Å². The lowest BCUT2D eigenvalue weighted by Gasteiger charge is -2.25. The van der Waals surface area contributed by atoms with Gasteiger partial charge in [0.25, 0.3) is 5.91 Å². The van der Waals surface area contributed by atoms with Crippen molar-refractivity contribution in [3.63, 3.8) is 0 Å². The number of carbonyl (C=O) groups excluding carboxylic acids is 1. The number of benzene rings is 2. The number of amides is 1. The molecule has 2 N–H and O–H groups in total. The Bertz CT molecular complexity index is 839. The third-order valence-electron chi connectivity index (χ3n) is 3.82. The van der Waals surface area contributed by atoms with E-state index in [0.29, 0.717) is 23.7 Å². The van der Waals surface area contributed by atoms with Gasteiger partial charge in [0.15, 0.2) is 5.60 Å². The van der Waals surface area contributed by atoms with Crippen molar-refractivity contribution in [1.82, 2.24) is 15.3 Å². The largest absolute Gasteiger partial charge is 0.478 e. The molecule has 0 aliphatic rings. The lowest BCUT2D eigenvalue weighted by Crippen LogP contribution is -2.47. The standard InChI is InChI=1S/C19H20ClN3O2/c1-19(2,25-14-9-7-13(20)8-10-14)18(24)21-12-11-17-22-15-5-3-4-6-16(15)23-17/h3-10H,11-12H2,1-2H3,(H,21,24)(H,22,23). The van der Waals surface area contributed by atoms with Gasteiger partial charge in [0.2, 0.25) is 0 Å². The van der Waals surface area contributed by atoms with Crippen LogP contribution in [0.4, 0.5) is 0 Å². The number of para-hydroxylation sites is 2. The number of aromatic nitrogens is 2. The van der Waals surface area contributed by atoms with Gasteiger partial charge in [-0.1, -0.05) is 23.7 Å². The average molecular weight is 358 g/mol. The lowest BCUT2D eigenvalue weighted by atomic mass is 10.1. The van der Waals surface area contributed by atoms with Crippen LogP contribution in [0.3, 0.4) is 0 Å². The molecule has 3 aromatic rings. The number of nitrogens with one attached hydrogen (secondary N) is 2. The highest BCUT2D eigenvalue weighted by Crippen LogP contribution is 2.21. The first-order valence-corrected chi connectivity index (χ1v) is 8.48. The number of H-pyrrole nitrogens is 1. The molecule has 0 atom stereocenters. The van der Waals surface area contributed by atoms with E-state index >= 15 is 0 Å². The Morgan fingerprint density at radius 1 is 1.20 bits per heavy atom. The second kappa shape index (κ2) is 7.15. The number of imidazole rings is 1. The smallest absolute Gasteiger partial charge is 0.263 e. The van der Waals surface area contributed by atoms with E-state index in [1.54, 1.807) is 38.1 Å². The highest BCUT2D eigenvalue weighted by atomic mass is 35.5. The fourth-order valence-electron chi connectivity index (χ4n) is 2.47. The van der Waals surface area contributed by atoms with Gasteiger partial charge in [-0.25, -0.2) is 4.98 Å². The summed E-state index contributed by atoms with van der Waals surface area (Å²) in [6.07, 6.45) is 0.622. The highest BCUT2D eigenvalue weighted by Gasteiger charge is 2.29. The fraction of sp³-hybridized carbons (Fsp3) is 0.263. The number of nitrogens with zero attached hydrogens (tertiary/aromatic N) is 1. The number of ether oxygens (including phenoxy) is 1. The van der Waals surface area contributed by atoms with Gasteiger partial charge in [-0.3, -0.25) is 4.79 Å². The normalized spacial score (nSPS) is 11.5. The van der Waals surface area contributed by atoms with Gasteiger partial charge >= 0.3 is 0 Å². The topological polar surface area (TPSA) is 67.0 Å². The second-order valence-corrected chi connectivity index (χ2v) is 6.71. The van der Waals surface area contributed by atoms with Crippen molar-refractivity contribution in [2.45, 2.75) is 25.9 Å². The van der Waals surface area contributed by atoms with Gasteiger partial charge < -0.3 is 15.0 Å². The van der Waals surface area contributed by atoms with E-state index in [2.05, 4.69) is 15.3 Å². The zero-order valence-corrected chi connectivity index (χ0v) is 14.9. The zero-order chi connectivity index (χ0) is 17.9. The molecule has 0 radical (unpaired) electrons. The van der Waals surface area contributed by atoms with E-state index in [4.69, 9.17) is 16.3 Å². The van der Waals surface area contributed by atoms with E-state index in [1.807, 2.05) is 24.3 Å². The molecule has 0 saturated heterocycles. The van der Waals surface area contributed by atoms with Crippen LogP contribution >= 0.6 is 11.6 Å². The maximum Gasteiger partial charge on any atom is 0.263 e. The van der Waals surface area contributed by atoms with E-state index in [0.717, 1.165) is 16.9 Å². The van der Waals surface area contributed by atoms with Crippen LogP contribution in [0.5, 0.6) is 5.75 Å². The first-order valence-electron chi connectivity index (χ1n) is 8.10. The van der Waals surface area contributed by atoms with Crippen LogP contribution in [0.25, 0.3) is 11.0 Å². The van der Waals surface area contributed by atoms with Gasteiger partial charge in [0.1, 0.15) is 11.6 Å². The summed E-state index contributed by atoms with van der Waals surface area (Å²) in [6.45, 7) is 3.95. The Morgan fingerprint density at radius 3 is 2.64 bits per heavy atom. The van der Waals surface area contributed by atoms with E-state index in [1.165, 1.54) is 0 Å². The van der Waals surface area contributed by atoms with Crippen molar-refractivity contribution in [2.75, 3.05) is 6.54 Å². The predicted octanol–water partition coefficient (Wildman–Crippen LogP) is 3.73. The number of aromatic amines is 1. The molecule has 0 bridgehead atoms. The highest BCUT2D eigenvalue weighted by molar-refractivity contribution is 6.30. The molecule has 1 heterocycles. The van der Waals surface area contributed by atoms with Crippen molar-refractivity contribution in [1.29, 1.82) is 0 Å². The predicted molar refractivity (Wildman–Crippen MR) is 99.0 cm³/mol. The summed E-state index contributed by atoms with van der Waals surface area (Å²) >= 11 is 5.86. The molecule has 5 nitrogen and oxygen atoms in total. The maximum absolute atomic E-state index is 12.4. The van der Waals surface area contributed by atoms with Crippen molar-refractivity contribution < 1.29 is 9.53 Å². The van der Waals surface area contributed by atoms with Gasteiger partial charge in [-0.2, -0.15) is 0 Å². The summed E-state index contributed by atoms with van der Waals surface area (Å²) in [6, 6.07) is 14.8. The third-order valence-corrected chi connectivity index (χ3v) is 4.07. The molecular formula is C19H20ClN3O2. The summed E-state index contributed by atoms with van der Waals surface area (Å²) in [5, 5.41) is 3.52. The van der Waals surface area contributed by atoms with Crippen molar-refractivity contribution in [2.24, 2.45) is 0 Å². The number of hydrogen-bond acceptors (Lipinski definition) is 3. The maximum atomic E-state index is 12.4. The number of fused-ring (bicyclic) bond motifs is 1. The summed E-state index contributed by atoms with van der Waals surface area (Å²) in [5.74, 6) is 1.26. The SMILES string of the molecule is CC(C)(Oc1ccc(Cl)cc1)C(=O)NCCc1nc2ccccc2[nH]1. The molecule has 130 valence electrons. The molecule has 0 unspecified atom stereocenters. The van der Waals surface area contributed by atoms with Gasteiger partial charge in [0.05, 0.1) is 11.0 Å². The lowest BCUT2D eigenvalue weighted by molar-refractivity contribution is -0.134. The second-order valence-electron chi connectivity index (χ2n) is 6.27. The van der Waals surface area contributed by atoms with Crippen LogP contribution in [0.1, 0.15) is 19.7 Å². The first-order chi connectivity index (χ1) is 11.9. The molecule has 0 saturated carbocycles. The van der Waals surface area contributed by atoms with Gasteiger partial charge in [0, 0.05) is 18.0 Å². The molecule has 6 heteroatoms. The minimum absolute atomic E-state index is 0.182. The van der Waals surface area contributed by atoms with E-state index < -0.39 is 5.60 Å². The molecular weight excluding hydrogens is 338 g/mol. The third kappa shape index (κ3) is 4.31. The molecule has 0 fully saturated rings. The molecule has 0 spiro atoms. The Hall–Kier alpha value is -2.53. The van der Waals surface area contributed by atoms with Crippen LogP contribution in [0, 0.1) is 0 Å². The minimum Gasteiger partial charge on any atom is -0.478 e. The molecule has 0 aliphatic heterocycles. The molecule has 25 heavy (non-hydrogen) atoms. The Balaban J connectivity index is 1.54. The van der Waals surface area contributed by atoms with Crippen LogP contribution in [-0.2, 0) is 11.2 Å². The zero-order valence-electron chi connectivity index (χ0n) is 14.2. The number of hydrogen-bond donors (Lipinski definition) is 2. The Kier molecular flexibility index (Phi) is 4.95. The number of rotatable bonds is 6. The van der Waals surface area contributed by atoms with Crippen LogP contribution < -0.4 is 10.1 Å². The Labute approximate surface area is 151 Å². The fourth-order valence-corrected chi connectivity index (χ4v) is 2.60. The number of halogens is 1. The quantitative estimate of drug-likeness (QED) is 0.706. The summed E-state index contributed by atoms with van der Waals surface area (Å²) in [4.78, 5) is 20.1. The summed E-state index contributed by atoms with van der Waals surface area (Å²) < 4.78 is 5.78. The van der Waals surface area contributed by atoms with Crippen LogP contribution in [0.15, 0.2) is 48.5 Å².